The molecule has 2 fully saturated rings. The number of carboxylic acid groups (broad SMARTS) is 1. The number of rotatable bonds is 20. The minimum Gasteiger partial charge on any atom is -0.480 e. The van der Waals surface area contributed by atoms with E-state index in [2.05, 4.69) is 36.6 Å². The number of carbonyl (C=O) groups excluding carboxylic acids is 5. The van der Waals surface area contributed by atoms with E-state index in [-0.39, 0.29) is 61.4 Å². The standard InChI is InChI=1S/C28H50N12O7/c1-4-12(2)20(26(46)47)40-22(42)13(3)37-23(43)17(7-8-18(29)41)38-24(44)16(6-5-9-34-27(30)31)39-25(45)21-19-14(10-35-21)15(19)11-36-28(32)33/h12-17,19-21,35H,4-11H2,1-3H3,(H2,29,41)(H,37,43)(H,38,44)(H,39,45)(H,40,42)(H,46,47)(H4,30,31,34)(H4,32,33,36)/t12-,13-,14+,15+,16-,17-,19+,20-,21-/m0/s1. The van der Waals surface area contributed by atoms with E-state index in [1.54, 1.807) is 13.8 Å². The van der Waals surface area contributed by atoms with Crippen molar-refractivity contribution in [2.45, 2.75) is 83.1 Å². The van der Waals surface area contributed by atoms with Gasteiger partial charge in [0.15, 0.2) is 11.9 Å². The largest absolute Gasteiger partial charge is 0.480 e. The minimum absolute atomic E-state index is 0.0220. The van der Waals surface area contributed by atoms with E-state index < -0.39 is 65.7 Å². The Hall–Kier alpha value is -4.68. The van der Waals surface area contributed by atoms with Crippen LogP contribution in [0.2, 0.25) is 0 Å². The van der Waals surface area contributed by atoms with Crippen molar-refractivity contribution in [3.05, 3.63) is 0 Å². The Kier molecular flexibility index (Phi) is 14.6. The second kappa shape index (κ2) is 17.9. The number of guanidine groups is 2. The average molecular weight is 667 g/mol. The number of primary amides is 1. The van der Waals surface area contributed by atoms with Crippen LogP contribution in [0.1, 0.15) is 52.9 Å². The van der Waals surface area contributed by atoms with Gasteiger partial charge in [0.05, 0.1) is 6.04 Å². The number of hydrogen-bond acceptors (Lipinski definition) is 9. The summed E-state index contributed by atoms with van der Waals surface area (Å²) in [5.41, 5.74) is 27.0. The van der Waals surface area contributed by atoms with Gasteiger partial charge in [0.1, 0.15) is 24.2 Å². The Morgan fingerprint density at radius 3 is 2.04 bits per heavy atom. The summed E-state index contributed by atoms with van der Waals surface area (Å²) in [5, 5.41) is 22.8. The molecule has 0 aromatic heterocycles. The third-order valence-electron chi connectivity index (χ3n) is 8.54. The van der Waals surface area contributed by atoms with Crippen molar-refractivity contribution in [3.63, 3.8) is 0 Å². The molecule has 1 saturated heterocycles. The summed E-state index contributed by atoms with van der Waals surface area (Å²) in [7, 11) is 0. The first-order valence-electron chi connectivity index (χ1n) is 15.6. The second-order valence-corrected chi connectivity index (χ2v) is 12.1. The summed E-state index contributed by atoms with van der Waals surface area (Å²) in [6.07, 6.45) is 0.397. The fraction of sp³-hybridized carbons (Fsp3) is 0.714. The smallest absolute Gasteiger partial charge is 0.326 e. The number of carbonyl (C=O) groups is 6. The van der Waals surface area contributed by atoms with Crippen LogP contribution in [0.4, 0.5) is 0 Å². The second-order valence-electron chi connectivity index (χ2n) is 12.1. The molecular weight excluding hydrogens is 616 g/mol. The van der Waals surface area contributed by atoms with E-state index in [0.717, 1.165) is 0 Å². The van der Waals surface area contributed by atoms with Crippen molar-refractivity contribution in [1.82, 2.24) is 26.6 Å². The van der Waals surface area contributed by atoms with Gasteiger partial charge in [-0.05, 0) is 56.4 Å². The van der Waals surface area contributed by atoms with E-state index in [0.29, 0.717) is 25.9 Å². The number of piperidine rings is 1. The zero-order valence-corrected chi connectivity index (χ0v) is 27.0. The molecule has 2 aliphatic rings. The van der Waals surface area contributed by atoms with Crippen LogP contribution in [0, 0.1) is 23.7 Å². The van der Waals surface area contributed by atoms with Gasteiger partial charge in [-0.25, -0.2) is 4.79 Å². The van der Waals surface area contributed by atoms with Crippen molar-refractivity contribution < 1.29 is 33.9 Å². The van der Waals surface area contributed by atoms with Gasteiger partial charge in [-0.2, -0.15) is 0 Å². The van der Waals surface area contributed by atoms with Gasteiger partial charge in [-0.15, -0.1) is 0 Å². The number of aliphatic carboxylic acids is 1. The van der Waals surface area contributed by atoms with Gasteiger partial charge in [0, 0.05) is 19.5 Å². The first kappa shape index (κ1) is 38.5. The lowest BCUT2D eigenvalue weighted by atomic mass is 9.99. The van der Waals surface area contributed by atoms with Crippen LogP contribution in [-0.4, -0.2) is 102 Å². The van der Waals surface area contributed by atoms with Crippen LogP contribution in [-0.2, 0) is 28.8 Å². The lowest BCUT2D eigenvalue weighted by Crippen LogP contribution is -2.58. The Bertz CT molecular complexity index is 1220. The lowest BCUT2D eigenvalue weighted by Gasteiger charge is -2.26. The third-order valence-corrected chi connectivity index (χ3v) is 8.54. The van der Waals surface area contributed by atoms with Crippen LogP contribution in [0.3, 0.4) is 0 Å². The molecule has 264 valence electrons. The van der Waals surface area contributed by atoms with Crippen molar-refractivity contribution in [3.8, 4) is 0 Å². The highest BCUT2D eigenvalue weighted by molar-refractivity contribution is 5.95. The SMILES string of the molecule is CC[C@H](C)[C@H](NC(=O)[C@H](C)NC(=O)[C@H](CCC(N)=O)NC(=O)[C@H](CCCN=C(N)N)NC(=O)[C@H]1NC[C@@H]2[C@@H](CN=C(N)N)[C@@H]21)C(=O)O. The molecule has 0 aromatic rings. The van der Waals surface area contributed by atoms with Gasteiger partial charge in [-0.1, -0.05) is 20.3 Å². The summed E-state index contributed by atoms with van der Waals surface area (Å²) in [5.74, 6) is -4.94. The molecule has 0 aromatic carbocycles. The number of fused-ring (bicyclic) bond motifs is 1. The van der Waals surface area contributed by atoms with Crippen LogP contribution in [0.5, 0.6) is 0 Å². The molecule has 5 amide bonds. The topological polar surface area (TPSA) is 338 Å². The fourth-order valence-corrected chi connectivity index (χ4v) is 5.59. The molecule has 1 saturated carbocycles. The molecule has 0 unspecified atom stereocenters. The molecule has 1 aliphatic heterocycles. The van der Waals surface area contributed by atoms with E-state index in [1.165, 1.54) is 6.92 Å². The lowest BCUT2D eigenvalue weighted by molar-refractivity contribution is -0.143. The predicted molar refractivity (Wildman–Crippen MR) is 172 cm³/mol. The molecule has 19 heteroatoms. The van der Waals surface area contributed by atoms with Gasteiger partial charge in [0.25, 0.3) is 0 Å². The molecule has 9 atom stereocenters. The normalized spacial score (nSPS) is 22.5. The summed E-state index contributed by atoms with van der Waals surface area (Å²) in [4.78, 5) is 84.1. The predicted octanol–water partition coefficient (Wildman–Crippen LogP) is -4.50. The van der Waals surface area contributed by atoms with E-state index in [9.17, 15) is 33.9 Å². The molecule has 1 aliphatic carbocycles. The number of carboxylic acids is 1. The van der Waals surface area contributed by atoms with Crippen molar-refractivity contribution >= 4 is 47.4 Å². The molecular formula is C28H50N12O7. The van der Waals surface area contributed by atoms with Crippen LogP contribution < -0.4 is 55.3 Å². The molecule has 0 bridgehead atoms. The summed E-state index contributed by atoms with van der Waals surface area (Å²) < 4.78 is 0. The highest BCUT2D eigenvalue weighted by atomic mass is 16.4. The monoisotopic (exact) mass is 666 g/mol. The minimum atomic E-state index is -1.33. The highest BCUT2D eigenvalue weighted by Crippen LogP contribution is 2.52. The summed E-state index contributed by atoms with van der Waals surface area (Å²) in [6, 6.07) is -5.41. The van der Waals surface area contributed by atoms with Gasteiger partial charge < -0.3 is 60.4 Å². The fourth-order valence-electron chi connectivity index (χ4n) is 5.59. The molecule has 1 heterocycles. The number of nitrogens with one attached hydrogen (secondary N) is 5. The third kappa shape index (κ3) is 11.9. The van der Waals surface area contributed by atoms with E-state index in [4.69, 9.17) is 28.7 Å². The molecule has 19 nitrogen and oxygen atoms in total. The quantitative estimate of drug-likeness (QED) is 0.0333. The van der Waals surface area contributed by atoms with Gasteiger partial charge in [0.2, 0.25) is 29.5 Å². The maximum absolute atomic E-state index is 13.5. The van der Waals surface area contributed by atoms with Crippen LogP contribution in [0.25, 0.3) is 0 Å². The van der Waals surface area contributed by atoms with Crippen molar-refractivity contribution in [2.75, 3.05) is 19.6 Å². The molecule has 47 heavy (non-hydrogen) atoms. The summed E-state index contributed by atoms with van der Waals surface area (Å²) in [6.45, 7) is 5.93. The molecule has 16 N–H and O–H groups in total. The molecule has 2 rings (SSSR count). The Morgan fingerprint density at radius 1 is 0.851 bits per heavy atom. The van der Waals surface area contributed by atoms with Crippen LogP contribution in [0.15, 0.2) is 9.98 Å². The highest BCUT2D eigenvalue weighted by Gasteiger charge is 2.60. The maximum Gasteiger partial charge on any atom is 0.326 e. The first-order chi connectivity index (χ1) is 22.1. The van der Waals surface area contributed by atoms with Crippen molar-refractivity contribution in [2.24, 2.45) is 62.3 Å². The van der Waals surface area contributed by atoms with E-state index in [1.807, 2.05) is 0 Å². The molecule has 0 spiro atoms. The zero-order valence-electron chi connectivity index (χ0n) is 27.0. The van der Waals surface area contributed by atoms with Gasteiger partial charge in [-0.3, -0.25) is 34.0 Å². The van der Waals surface area contributed by atoms with Crippen LogP contribution >= 0.6 is 0 Å². The van der Waals surface area contributed by atoms with Gasteiger partial charge >= 0.3 is 5.97 Å². The number of nitrogens with zero attached hydrogens (tertiary/aromatic N) is 2. The number of nitrogens with two attached hydrogens (primary N) is 5. The Balaban J connectivity index is 2.15. The van der Waals surface area contributed by atoms with Crippen molar-refractivity contribution in [1.29, 1.82) is 0 Å². The molecule has 0 radical (unpaired) electrons. The number of amides is 5. The zero-order chi connectivity index (χ0) is 35.4. The first-order valence-corrected chi connectivity index (χ1v) is 15.6. The average Bonchev–Trinajstić information content (AvgIpc) is 3.49. The maximum atomic E-state index is 13.5. The number of hydrogen-bond donors (Lipinski definition) is 11. The Labute approximate surface area is 273 Å². The van der Waals surface area contributed by atoms with E-state index >= 15 is 0 Å². The Morgan fingerprint density at radius 2 is 1.47 bits per heavy atom. The summed E-state index contributed by atoms with van der Waals surface area (Å²) >= 11 is 0. The number of aliphatic imine (C=N–C) groups is 2.